The predicted molar refractivity (Wildman–Crippen MR) is 66.1 cm³/mol. The molecule has 0 saturated carbocycles. The molecule has 8 heteroatoms. The van der Waals surface area contributed by atoms with Crippen molar-refractivity contribution in [3.05, 3.63) is 28.8 Å². The number of alkyl halides is 3. The van der Waals surface area contributed by atoms with Gasteiger partial charge in [0.2, 0.25) is 0 Å². The van der Waals surface area contributed by atoms with Crippen LogP contribution in [-0.2, 0) is 22.5 Å². The number of hydrogen-bond acceptors (Lipinski definition) is 5. The second kappa shape index (κ2) is 6.95. The molecule has 0 radical (unpaired) electrons. The van der Waals surface area contributed by atoms with Crippen LogP contribution in [0, 0.1) is 11.3 Å². The normalized spacial score (nSPS) is 10.9. The summed E-state index contributed by atoms with van der Waals surface area (Å²) in [6.07, 6.45) is -5.44. The van der Waals surface area contributed by atoms with Gasteiger partial charge in [0.15, 0.2) is 5.75 Å². The van der Waals surface area contributed by atoms with Crippen molar-refractivity contribution in [1.82, 2.24) is 0 Å². The number of carbonyl (C=O) groups is 1. The molecule has 0 aromatic heterocycles. The highest BCUT2D eigenvalue weighted by Crippen LogP contribution is 2.32. The monoisotopic (exact) mass is 302 g/mol. The second-order valence-electron chi connectivity index (χ2n) is 3.93. The number of hydrogen-bond donors (Lipinski definition) is 1. The van der Waals surface area contributed by atoms with E-state index >= 15 is 0 Å². The summed E-state index contributed by atoms with van der Waals surface area (Å²) >= 11 is 0. The van der Waals surface area contributed by atoms with E-state index in [1.54, 1.807) is 13.0 Å². The van der Waals surface area contributed by atoms with Gasteiger partial charge in [-0.1, -0.05) is 6.07 Å². The second-order valence-corrected chi connectivity index (χ2v) is 3.93. The fourth-order valence-corrected chi connectivity index (χ4v) is 1.73. The van der Waals surface area contributed by atoms with Gasteiger partial charge in [0, 0.05) is 12.1 Å². The van der Waals surface area contributed by atoms with E-state index in [2.05, 4.69) is 4.74 Å². The molecular formula is C13H13F3N2O3. The summed E-state index contributed by atoms with van der Waals surface area (Å²) in [6, 6.07) is 4.15. The molecule has 21 heavy (non-hydrogen) atoms. The number of nitrogens with two attached hydrogens (primary N) is 1. The molecule has 0 saturated heterocycles. The number of halogens is 3. The predicted octanol–water partition coefficient (Wildman–Crippen LogP) is 2.02. The lowest BCUT2D eigenvalue weighted by Crippen LogP contribution is -2.21. The quantitative estimate of drug-likeness (QED) is 0.841. The Bertz CT molecular complexity index is 565. The third kappa shape index (κ3) is 4.65. The van der Waals surface area contributed by atoms with Crippen LogP contribution in [0.15, 0.2) is 12.1 Å². The summed E-state index contributed by atoms with van der Waals surface area (Å²) in [7, 11) is 0. The van der Waals surface area contributed by atoms with E-state index in [1.807, 2.05) is 0 Å². The molecule has 0 fully saturated rings. The Balaban J connectivity index is 3.34. The number of benzene rings is 1. The lowest BCUT2D eigenvalue weighted by molar-refractivity contribution is -0.275. The zero-order valence-electron chi connectivity index (χ0n) is 11.2. The molecule has 0 spiro atoms. The first-order valence-electron chi connectivity index (χ1n) is 5.98. The SMILES string of the molecule is CCOC(=O)Cc1c(CN)ccc(C#N)c1OC(F)(F)F. The van der Waals surface area contributed by atoms with Gasteiger partial charge in [0.1, 0.15) is 6.07 Å². The summed E-state index contributed by atoms with van der Waals surface area (Å²) in [5.74, 6) is -1.43. The van der Waals surface area contributed by atoms with Crippen molar-refractivity contribution in [3.63, 3.8) is 0 Å². The van der Waals surface area contributed by atoms with Crippen LogP contribution in [0.1, 0.15) is 23.6 Å². The molecule has 114 valence electrons. The molecule has 5 nitrogen and oxygen atoms in total. The van der Waals surface area contributed by atoms with Gasteiger partial charge in [0.05, 0.1) is 18.6 Å². The number of rotatable bonds is 5. The van der Waals surface area contributed by atoms with E-state index in [0.29, 0.717) is 0 Å². The van der Waals surface area contributed by atoms with Crippen molar-refractivity contribution in [2.75, 3.05) is 6.61 Å². The standard InChI is InChI=1S/C13H13F3N2O3/c1-2-20-11(19)5-10-8(6-17)3-4-9(7-18)12(10)21-13(14,15)16/h3-4H,2,5-6,17H2,1H3. The van der Waals surface area contributed by atoms with E-state index < -0.39 is 24.5 Å². The molecule has 2 N–H and O–H groups in total. The van der Waals surface area contributed by atoms with E-state index in [4.69, 9.17) is 15.7 Å². The summed E-state index contributed by atoms with van der Waals surface area (Å²) in [4.78, 5) is 11.5. The first-order valence-corrected chi connectivity index (χ1v) is 5.98. The third-order valence-electron chi connectivity index (χ3n) is 2.54. The number of esters is 1. The maximum Gasteiger partial charge on any atom is 0.573 e. The third-order valence-corrected chi connectivity index (χ3v) is 2.54. The van der Waals surface area contributed by atoms with Crippen molar-refractivity contribution >= 4 is 5.97 Å². The van der Waals surface area contributed by atoms with Crippen LogP contribution in [0.25, 0.3) is 0 Å². The van der Waals surface area contributed by atoms with E-state index in [-0.39, 0.29) is 29.8 Å². The Morgan fingerprint density at radius 3 is 2.57 bits per heavy atom. The summed E-state index contributed by atoms with van der Waals surface area (Å²) < 4.78 is 46.0. The molecule has 1 aromatic carbocycles. The largest absolute Gasteiger partial charge is 0.573 e. The minimum Gasteiger partial charge on any atom is -0.466 e. The van der Waals surface area contributed by atoms with E-state index in [1.165, 1.54) is 6.07 Å². The highest BCUT2D eigenvalue weighted by molar-refractivity contribution is 5.75. The van der Waals surface area contributed by atoms with Gasteiger partial charge in [-0.25, -0.2) is 0 Å². The topological polar surface area (TPSA) is 85.3 Å². The van der Waals surface area contributed by atoms with Crippen LogP contribution in [0.5, 0.6) is 5.75 Å². The molecule has 0 unspecified atom stereocenters. The summed E-state index contributed by atoms with van der Waals surface area (Å²) in [5.41, 5.74) is 5.31. The van der Waals surface area contributed by atoms with Gasteiger partial charge >= 0.3 is 12.3 Å². The number of nitriles is 1. The van der Waals surface area contributed by atoms with Crippen molar-refractivity contribution in [2.24, 2.45) is 5.73 Å². The minimum atomic E-state index is -4.98. The smallest absolute Gasteiger partial charge is 0.466 e. The lowest BCUT2D eigenvalue weighted by atomic mass is 9.99. The molecule has 0 aliphatic carbocycles. The Morgan fingerprint density at radius 1 is 1.43 bits per heavy atom. The Kier molecular flexibility index (Phi) is 5.55. The van der Waals surface area contributed by atoms with Gasteiger partial charge in [-0.3, -0.25) is 4.79 Å². The van der Waals surface area contributed by atoms with Gasteiger partial charge in [-0.15, -0.1) is 13.2 Å². The average molecular weight is 302 g/mol. The number of carbonyl (C=O) groups excluding carboxylic acids is 1. The minimum absolute atomic E-state index is 0.0875. The molecule has 0 heterocycles. The van der Waals surface area contributed by atoms with Gasteiger partial charge < -0.3 is 15.2 Å². The fraction of sp³-hybridized carbons (Fsp3) is 0.385. The van der Waals surface area contributed by atoms with Crippen LogP contribution in [0.2, 0.25) is 0 Å². The van der Waals surface area contributed by atoms with Gasteiger partial charge in [-0.2, -0.15) is 5.26 Å². The molecule has 0 atom stereocenters. The summed E-state index contributed by atoms with van der Waals surface area (Å²) in [6.45, 7) is 1.55. The molecule has 0 amide bonds. The highest BCUT2D eigenvalue weighted by atomic mass is 19.4. The van der Waals surface area contributed by atoms with Crippen LogP contribution in [-0.4, -0.2) is 18.9 Å². The van der Waals surface area contributed by atoms with Gasteiger partial charge in [-0.05, 0) is 18.6 Å². The number of ether oxygens (including phenoxy) is 2. The van der Waals surface area contributed by atoms with Crippen molar-refractivity contribution in [1.29, 1.82) is 5.26 Å². The van der Waals surface area contributed by atoms with E-state index in [0.717, 1.165) is 6.07 Å². The maximum atomic E-state index is 12.5. The molecule has 1 aromatic rings. The van der Waals surface area contributed by atoms with Crippen LogP contribution in [0.4, 0.5) is 13.2 Å². The summed E-state index contributed by atoms with van der Waals surface area (Å²) in [5, 5.41) is 8.90. The fourth-order valence-electron chi connectivity index (χ4n) is 1.73. The average Bonchev–Trinajstić information content (AvgIpc) is 2.39. The van der Waals surface area contributed by atoms with Crippen LogP contribution < -0.4 is 10.5 Å². The Labute approximate surface area is 119 Å². The van der Waals surface area contributed by atoms with Crippen LogP contribution in [0.3, 0.4) is 0 Å². The first kappa shape index (κ1) is 16.8. The zero-order chi connectivity index (χ0) is 16.0. The Hall–Kier alpha value is -2.27. The number of nitrogens with zero attached hydrogens (tertiary/aromatic N) is 1. The molecule has 1 rings (SSSR count). The molecule has 0 bridgehead atoms. The Morgan fingerprint density at radius 2 is 2.10 bits per heavy atom. The van der Waals surface area contributed by atoms with Crippen molar-refractivity contribution in [2.45, 2.75) is 26.3 Å². The lowest BCUT2D eigenvalue weighted by Gasteiger charge is -2.17. The first-order chi connectivity index (χ1) is 9.82. The maximum absolute atomic E-state index is 12.5. The zero-order valence-corrected chi connectivity index (χ0v) is 11.2. The van der Waals surface area contributed by atoms with Gasteiger partial charge in [0.25, 0.3) is 0 Å². The molecule has 0 aliphatic rings. The highest BCUT2D eigenvalue weighted by Gasteiger charge is 2.34. The molecule has 0 aliphatic heterocycles. The van der Waals surface area contributed by atoms with Crippen molar-refractivity contribution in [3.8, 4) is 11.8 Å². The van der Waals surface area contributed by atoms with Crippen molar-refractivity contribution < 1.29 is 27.4 Å². The molecular weight excluding hydrogens is 289 g/mol. The van der Waals surface area contributed by atoms with Crippen LogP contribution >= 0.6 is 0 Å². The van der Waals surface area contributed by atoms with E-state index in [9.17, 15) is 18.0 Å².